The standard InChI is InChI=1S/C12H18ClN3O/c1-9-14-11(13)7-12(15-9)16-5-2-3-10(8-16)4-6-17/h7,10,17H,2-6,8H2,1H3. The van der Waals surface area contributed by atoms with E-state index in [1.165, 1.54) is 6.42 Å². The maximum absolute atomic E-state index is 9.00. The van der Waals surface area contributed by atoms with Crippen molar-refractivity contribution in [3.63, 3.8) is 0 Å². The van der Waals surface area contributed by atoms with Gasteiger partial charge in [-0.05, 0) is 32.1 Å². The predicted molar refractivity (Wildman–Crippen MR) is 68.4 cm³/mol. The van der Waals surface area contributed by atoms with Crippen molar-refractivity contribution in [1.29, 1.82) is 0 Å². The van der Waals surface area contributed by atoms with Crippen molar-refractivity contribution in [3.8, 4) is 0 Å². The molecular formula is C12H18ClN3O. The second kappa shape index (κ2) is 5.65. The van der Waals surface area contributed by atoms with E-state index in [-0.39, 0.29) is 6.61 Å². The van der Waals surface area contributed by atoms with Crippen LogP contribution in [0.4, 0.5) is 5.82 Å². The van der Waals surface area contributed by atoms with Gasteiger partial charge in [-0.25, -0.2) is 9.97 Å². The van der Waals surface area contributed by atoms with Gasteiger partial charge < -0.3 is 10.0 Å². The SMILES string of the molecule is Cc1nc(Cl)cc(N2CCCC(CCO)C2)n1. The van der Waals surface area contributed by atoms with Gasteiger partial charge in [0.15, 0.2) is 0 Å². The van der Waals surface area contributed by atoms with Crippen LogP contribution >= 0.6 is 11.6 Å². The zero-order valence-electron chi connectivity index (χ0n) is 10.1. The summed E-state index contributed by atoms with van der Waals surface area (Å²) in [6.07, 6.45) is 3.20. The van der Waals surface area contributed by atoms with E-state index in [9.17, 15) is 0 Å². The molecule has 2 heterocycles. The average molecular weight is 256 g/mol. The first-order chi connectivity index (χ1) is 8.19. The lowest BCUT2D eigenvalue weighted by Gasteiger charge is -2.33. The van der Waals surface area contributed by atoms with Crippen molar-refractivity contribution >= 4 is 17.4 Å². The van der Waals surface area contributed by atoms with E-state index in [1.807, 2.05) is 13.0 Å². The van der Waals surface area contributed by atoms with Gasteiger partial charge in [-0.15, -0.1) is 0 Å². The van der Waals surface area contributed by atoms with E-state index in [0.29, 0.717) is 16.9 Å². The van der Waals surface area contributed by atoms with Crippen molar-refractivity contribution in [1.82, 2.24) is 9.97 Å². The van der Waals surface area contributed by atoms with E-state index in [1.54, 1.807) is 0 Å². The van der Waals surface area contributed by atoms with Crippen LogP contribution in [-0.2, 0) is 0 Å². The van der Waals surface area contributed by atoms with Crippen LogP contribution in [0.2, 0.25) is 5.15 Å². The largest absolute Gasteiger partial charge is 0.396 e. The van der Waals surface area contributed by atoms with Crippen molar-refractivity contribution in [3.05, 3.63) is 17.0 Å². The molecule has 2 rings (SSSR count). The van der Waals surface area contributed by atoms with Gasteiger partial charge in [-0.1, -0.05) is 11.6 Å². The molecular weight excluding hydrogens is 238 g/mol. The van der Waals surface area contributed by atoms with Crippen molar-refractivity contribution in [2.45, 2.75) is 26.2 Å². The maximum atomic E-state index is 9.00. The summed E-state index contributed by atoms with van der Waals surface area (Å²) < 4.78 is 0. The fraction of sp³-hybridized carbons (Fsp3) is 0.667. The van der Waals surface area contributed by atoms with Crippen molar-refractivity contribution < 1.29 is 5.11 Å². The summed E-state index contributed by atoms with van der Waals surface area (Å²) in [7, 11) is 0. The highest BCUT2D eigenvalue weighted by Crippen LogP contribution is 2.24. The minimum atomic E-state index is 0.266. The Bertz CT molecular complexity index is 364. The number of aliphatic hydroxyl groups excluding tert-OH is 1. The summed E-state index contributed by atoms with van der Waals surface area (Å²) >= 11 is 5.95. The number of aliphatic hydroxyl groups is 1. The molecule has 94 valence electrons. The number of aryl methyl sites for hydroxylation is 1. The summed E-state index contributed by atoms with van der Waals surface area (Å²) in [6.45, 7) is 4.08. The number of aromatic nitrogens is 2. The number of piperidine rings is 1. The molecule has 0 amide bonds. The summed E-state index contributed by atoms with van der Waals surface area (Å²) in [4.78, 5) is 10.7. The van der Waals surface area contributed by atoms with Crippen molar-refractivity contribution in [2.75, 3.05) is 24.6 Å². The fourth-order valence-electron chi connectivity index (χ4n) is 2.37. The topological polar surface area (TPSA) is 49.2 Å². The van der Waals surface area contributed by atoms with E-state index < -0.39 is 0 Å². The molecule has 1 N–H and O–H groups in total. The molecule has 1 aromatic rings. The van der Waals surface area contributed by atoms with E-state index >= 15 is 0 Å². The van der Waals surface area contributed by atoms with Crippen LogP contribution in [0.15, 0.2) is 6.07 Å². The quantitative estimate of drug-likeness (QED) is 0.840. The third-order valence-corrected chi connectivity index (χ3v) is 3.37. The Morgan fingerprint density at radius 1 is 1.53 bits per heavy atom. The summed E-state index contributed by atoms with van der Waals surface area (Å²) in [5.74, 6) is 2.17. The highest BCUT2D eigenvalue weighted by molar-refractivity contribution is 6.29. The summed E-state index contributed by atoms with van der Waals surface area (Å²) in [5.41, 5.74) is 0. The van der Waals surface area contributed by atoms with Crippen LogP contribution in [-0.4, -0.2) is 34.8 Å². The first-order valence-electron chi connectivity index (χ1n) is 6.06. The Morgan fingerprint density at radius 3 is 3.06 bits per heavy atom. The molecule has 5 heteroatoms. The van der Waals surface area contributed by atoms with Gasteiger partial charge in [0, 0.05) is 25.8 Å². The molecule has 1 aromatic heterocycles. The molecule has 1 fully saturated rings. The minimum absolute atomic E-state index is 0.266. The van der Waals surface area contributed by atoms with Gasteiger partial charge in [-0.2, -0.15) is 0 Å². The van der Waals surface area contributed by atoms with Gasteiger partial charge in [0.2, 0.25) is 0 Å². The van der Waals surface area contributed by atoms with Crippen LogP contribution in [0.5, 0.6) is 0 Å². The Labute approximate surface area is 107 Å². The molecule has 1 saturated heterocycles. The van der Waals surface area contributed by atoms with Gasteiger partial charge >= 0.3 is 0 Å². The Balaban J connectivity index is 2.10. The highest BCUT2D eigenvalue weighted by Gasteiger charge is 2.20. The fourth-order valence-corrected chi connectivity index (χ4v) is 2.59. The lowest BCUT2D eigenvalue weighted by Crippen LogP contribution is -2.36. The molecule has 1 atom stereocenters. The second-order valence-corrected chi connectivity index (χ2v) is 4.95. The van der Waals surface area contributed by atoms with Crippen molar-refractivity contribution in [2.24, 2.45) is 5.92 Å². The van der Waals surface area contributed by atoms with Gasteiger partial charge in [0.1, 0.15) is 16.8 Å². The predicted octanol–water partition coefficient (Wildman–Crippen LogP) is 2.04. The smallest absolute Gasteiger partial charge is 0.134 e. The zero-order valence-corrected chi connectivity index (χ0v) is 10.8. The first-order valence-corrected chi connectivity index (χ1v) is 6.44. The number of hydrogen-bond donors (Lipinski definition) is 1. The van der Waals surface area contributed by atoms with Gasteiger partial charge in [0.05, 0.1) is 0 Å². The molecule has 0 radical (unpaired) electrons. The minimum Gasteiger partial charge on any atom is -0.396 e. The number of rotatable bonds is 3. The number of anilines is 1. The van der Waals surface area contributed by atoms with Crippen LogP contribution in [0.1, 0.15) is 25.1 Å². The lowest BCUT2D eigenvalue weighted by atomic mass is 9.95. The molecule has 0 aliphatic carbocycles. The van der Waals surface area contributed by atoms with Crippen LogP contribution in [0, 0.1) is 12.8 Å². The Hall–Kier alpha value is -0.870. The molecule has 0 aromatic carbocycles. The lowest BCUT2D eigenvalue weighted by molar-refractivity contribution is 0.244. The molecule has 1 aliphatic heterocycles. The van der Waals surface area contributed by atoms with Crippen LogP contribution < -0.4 is 4.90 Å². The molecule has 0 spiro atoms. The monoisotopic (exact) mass is 255 g/mol. The normalized spacial score (nSPS) is 20.6. The third kappa shape index (κ3) is 3.30. The molecule has 1 aliphatic rings. The molecule has 0 saturated carbocycles. The Morgan fingerprint density at radius 2 is 2.35 bits per heavy atom. The van der Waals surface area contributed by atoms with Crippen LogP contribution in [0.25, 0.3) is 0 Å². The zero-order chi connectivity index (χ0) is 12.3. The number of hydrogen-bond acceptors (Lipinski definition) is 4. The highest BCUT2D eigenvalue weighted by atomic mass is 35.5. The molecule has 0 bridgehead atoms. The average Bonchev–Trinajstić information content (AvgIpc) is 2.28. The third-order valence-electron chi connectivity index (χ3n) is 3.17. The summed E-state index contributed by atoms with van der Waals surface area (Å²) in [5, 5.41) is 9.50. The second-order valence-electron chi connectivity index (χ2n) is 4.56. The summed E-state index contributed by atoms with van der Waals surface area (Å²) in [6, 6.07) is 1.82. The Kier molecular flexibility index (Phi) is 4.18. The van der Waals surface area contributed by atoms with E-state index in [0.717, 1.165) is 31.7 Å². The molecule has 4 nitrogen and oxygen atoms in total. The number of halogens is 1. The van der Waals surface area contributed by atoms with E-state index in [4.69, 9.17) is 16.7 Å². The maximum Gasteiger partial charge on any atom is 0.134 e. The van der Waals surface area contributed by atoms with E-state index in [2.05, 4.69) is 14.9 Å². The van der Waals surface area contributed by atoms with Gasteiger partial charge in [0.25, 0.3) is 0 Å². The molecule has 1 unspecified atom stereocenters. The first kappa shape index (κ1) is 12.6. The van der Waals surface area contributed by atoms with Crippen LogP contribution in [0.3, 0.4) is 0 Å². The molecule has 17 heavy (non-hydrogen) atoms. The number of nitrogens with zero attached hydrogens (tertiary/aromatic N) is 3. The van der Waals surface area contributed by atoms with Gasteiger partial charge in [-0.3, -0.25) is 0 Å².